The van der Waals surface area contributed by atoms with Crippen molar-refractivity contribution in [2.45, 2.75) is 24.2 Å². The van der Waals surface area contributed by atoms with Gasteiger partial charge in [0, 0.05) is 21.2 Å². The van der Waals surface area contributed by atoms with Gasteiger partial charge in [0.05, 0.1) is 0 Å². The van der Waals surface area contributed by atoms with E-state index in [4.69, 9.17) is 23.2 Å². The number of alkyl halides is 10. The van der Waals surface area contributed by atoms with Gasteiger partial charge < -0.3 is 0 Å². The highest BCUT2D eigenvalue weighted by molar-refractivity contribution is 6.31. The van der Waals surface area contributed by atoms with Crippen LogP contribution in [-0.2, 0) is 11.8 Å². The van der Waals surface area contributed by atoms with Crippen LogP contribution in [-0.4, -0.2) is 12.4 Å². The predicted molar refractivity (Wildman–Crippen MR) is 81.8 cm³/mol. The Hall–Kier alpha value is -1.68. The summed E-state index contributed by atoms with van der Waals surface area (Å²) in [6.45, 7) is 0. The van der Waals surface area contributed by atoms with Crippen molar-refractivity contribution in [3.63, 3.8) is 0 Å². The van der Waals surface area contributed by atoms with Crippen LogP contribution in [0.4, 0.5) is 43.9 Å². The Morgan fingerprint density at radius 2 is 0.786 bits per heavy atom. The largest absolute Gasteiger partial charge is 0.458 e. The molecular weight excluding hydrogens is 453 g/mol. The third kappa shape index (κ3) is 3.89. The SMILES string of the molecule is FC(F)(F)C(F)(F)c1cc(Cl)ccc1-c1ccc(Cl)cc1C(F)(F)C(F)(F)F. The summed E-state index contributed by atoms with van der Waals surface area (Å²) in [5.41, 5.74) is -6.17. The molecule has 0 unspecified atom stereocenters. The van der Waals surface area contributed by atoms with Gasteiger partial charge in [-0.2, -0.15) is 43.9 Å². The molecule has 0 amide bonds. The second-order valence-electron chi connectivity index (χ2n) is 5.52. The first-order valence-corrected chi connectivity index (χ1v) is 7.75. The van der Waals surface area contributed by atoms with E-state index in [0.717, 1.165) is 12.1 Å². The van der Waals surface area contributed by atoms with Gasteiger partial charge in [-0.3, -0.25) is 0 Å². The maximum atomic E-state index is 13.9. The molecule has 12 heteroatoms. The molecule has 0 aliphatic rings. The summed E-state index contributed by atoms with van der Waals surface area (Å²) >= 11 is 10.9. The minimum atomic E-state index is -6.16. The van der Waals surface area contributed by atoms with Crippen LogP contribution in [0, 0.1) is 0 Å². The van der Waals surface area contributed by atoms with E-state index in [9.17, 15) is 43.9 Å². The van der Waals surface area contributed by atoms with Crippen LogP contribution in [0.3, 0.4) is 0 Å². The second kappa shape index (κ2) is 6.98. The third-order valence-corrected chi connectivity index (χ3v) is 4.11. The molecule has 0 aliphatic carbocycles. The molecular formula is C16H6Cl2F10. The lowest BCUT2D eigenvalue weighted by Gasteiger charge is -2.26. The molecule has 0 bridgehead atoms. The Morgan fingerprint density at radius 1 is 0.500 bits per heavy atom. The van der Waals surface area contributed by atoms with Gasteiger partial charge in [0.1, 0.15) is 0 Å². The second-order valence-corrected chi connectivity index (χ2v) is 6.40. The zero-order valence-corrected chi connectivity index (χ0v) is 14.5. The molecule has 0 nitrogen and oxygen atoms in total. The number of halogens is 12. The van der Waals surface area contributed by atoms with Gasteiger partial charge in [0.2, 0.25) is 0 Å². The third-order valence-electron chi connectivity index (χ3n) is 3.64. The summed E-state index contributed by atoms with van der Waals surface area (Å²) in [5, 5.41) is -1.22. The normalized spacial score (nSPS) is 13.7. The van der Waals surface area contributed by atoms with Crippen molar-refractivity contribution < 1.29 is 43.9 Å². The molecule has 0 aromatic heterocycles. The minimum Gasteiger partial charge on any atom is -0.191 e. The molecule has 0 saturated carbocycles. The number of benzene rings is 2. The van der Waals surface area contributed by atoms with Crippen molar-refractivity contribution in [1.82, 2.24) is 0 Å². The smallest absolute Gasteiger partial charge is 0.191 e. The molecule has 2 rings (SSSR count). The first-order chi connectivity index (χ1) is 12.5. The molecule has 0 heterocycles. The van der Waals surface area contributed by atoms with Crippen LogP contribution in [0.15, 0.2) is 36.4 Å². The zero-order valence-electron chi connectivity index (χ0n) is 13.0. The highest BCUT2D eigenvalue weighted by Gasteiger charge is 2.61. The molecule has 28 heavy (non-hydrogen) atoms. The van der Waals surface area contributed by atoms with Crippen molar-refractivity contribution in [2.75, 3.05) is 0 Å². The Bertz CT molecular complexity index is 810. The van der Waals surface area contributed by atoms with Crippen LogP contribution in [0.25, 0.3) is 11.1 Å². The summed E-state index contributed by atoms with van der Waals surface area (Å²) in [6, 6.07) is 2.84. The van der Waals surface area contributed by atoms with Crippen LogP contribution < -0.4 is 0 Å². The van der Waals surface area contributed by atoms with E-state index in [2.05, 4.69) is 0 Å². The monoisotopic (exact) mass is 458 g/mol. The quantitative estimate of drug-likeness (QED) is 0.409. The van der Waals surface area contributed by atoms with Gasteiger partial charge in [0.15, 0.2) is 0 Å². The van der Waals surface area contributed by atoms with Crippen molar-refractivity contribution in [3.8, 4) is 11.1 Å². The molecule has 0 radical (unpaired) electrons. The lowest BCUT2D eigenvalue weighted by atomic mass is 9.90. The lowest BCUT2D eigenvalue weighted by molar-refractivity contribution is -0.289. The first kappa shape index (κ1) is 22.6. The summed E-state index contributed by atoms with van der Waals surface area (Å²) in [7, 11) is 0. The molecule has 0 aliphatic heterocycles. The van der Waals surface area contributed by atoms with Crippen molar-refractivity contribution in [2.24, 2.45) is 0 Å². The van der Waals surface area contributed by atoms with E-state index >= 15 is 0 Å². The Balaban J connectivity index is 2.89. The summed E-state index contributed by atoms with van der Waals surface area (Å²) in [5.74, 6) is -11.2. The highest BCUT2D eigenvalue weighted by Crippen LogP contribution is 2.52. The van der Waals surface area contributed by atoms with Crippen LogP contribution in [0.1, 0.15) is 11.1 Å². The number of rotatable bonds is 3. The predicted octanol–water partition coefficient (Wildman–Crippen LogP) is 7.97. The van der Waals surface area contributed by atoms with Crippen LogP contribution >= 0.6 is 23.2 Å². The first-order valence-electron chi connectivity index (χ1n) is 6.99. The van der Waals surface area contributed by atoms with E-state index in [0.29, 0.717) is 12.1 Å². The maximum absolute atomic E-state index is 13.9. The lowest BCUT2D eigenvalue weighted by Crippen LogP contribution is -2.35. The van der Waals surface area contributed by atoms with Crippen LogP contribution in [0.2, 0.25) is 10.0 Å². The fraction of sp³-hybridized carbons (Fsp3) is 0.250. The Labute approximate surface area is 160 Å². The van der Waals surface area contributed by atoms with Gasteiger partial charge in [-0.25, -0.2) is 0 Å². The van der Waals surface area contributed by atoms with Crippen molar-refractivity contribution >= 4 is 23.2 Å². The highest BCUT2D eigenvalue weighted by atomic mass is 35.5. The summed E-state index contributed by atoms with van der Waals surface area (Å²) in [6.07, 6.45) is -12.3. The maximum Gasteiger partial charge on any atom is 0.458 e. The molecule has 2 aromatic carbocycles. The van der Waals surface area contributed by atoms with Gasteiger partial charge >= 0.3 is 24.2 Å². The average molecular weight is 459 g/mol. The molecule has 0 saturated heterocycles. The minimum absolute atomic E-state index is 0.147. The van der Waals surface area contributed by atoms with Gasteiger partial charge in [-0.15, -0.1) is 0 Å². The van der Waals surface area contributed by atoms with E-state index in [1.807, 2.05) is 0 Å². The molecule has 0 spiro atoms. The van der Waals surface area contributed by atoms with E-state index < -0.39 is 56.5 Å². The fourth-order valence-corrected chi connectivity index (χ4v) is 2.67. The standard InChI is InChI=1S/C16H6Cl2F10/c17-7-1-3-9(11(5-7)13(19,20)15(23,24)25)10-4-2-8(18)6-12(10)14(21,22)16(26,27)28/h1-6H. The van der Waals surface area contributed by atoms with Gasteiger partial charge in [-0.1, -0.05) is 35.3 Å². The van der Waals surface area contributed by atoms with Gasteiger partial charge in [-0.05, 0) is 35.4 Å². The summed E-state index contributed by atoms with van der Waals surface area (Å²) in [4.78, 5) is 0. The van der Waals surface area contributed by atoms with Gasteiger partial charge in [0.25, 0.3) is 0 Å². The van der Waals surface area contributed by atoms with Crippen molar-refractivity contribution in [1.29, 1.82) is 0 Å². The number of hydrogen-bond donors (Lipinski definition) is 0. The summed E-state index contributed by atoms with van der Waals surface area (Å²) < 4.78 is 132. The van der Waals surface area contributed by atoms with E-state index in [1.165, 1.54) is 0 Å². The Morgan fingerprint density at radius 3 is 1.04 bits per heavy atom. The number of hydrogen-bond acceptors (Lipinski definition) is 0. The van der Waals surface area contributed by atoms with E-state index in [-0.39, 0.29) is 12.1 Å². The van der Waals surface area contributed by atoms with E-state index in [1.54, 1.807) is 0 Å². The topological polar surface area (TPSA) is 0 Å². The average Bonchev–Trinajstić information content (AvgIpc) is 2.53. The van der Waals surface area contributed by atoms with Crippen molar-refractivity contribution in [3.05, 3.63) is 57.6 Å². The zero-order chi connectivity index (χ0) is 21.7. The van der Waals surface area contributed by atoms with Crippen LogP contribution in [0.5, 0.6) is 0 Å². The molecule has 2 aromatic rings. The fourth-order valence-electron chi connectivity index (χ4n) is 2.33. The molecule has 0 atom stereocenters. The molecule has 0 fully saturated rings. The molecule has 0 N–H and O–H groups in total. The Kier molecular flexibility index (Phi) is 5.64. The molecule has 154 valence electrons.